The van der Waals surface area contributed by atoms with Crippen molar-refractivity contribution in [2.75, 3.05) is 0 Å². The maximum atomic E-state index is 12.7. The fourth-order valence-electron chi connectivity index (χ4n) is 2.04. The van der Waals surface area contributed by atoms with Crippen LogP contribution in [0.5, 0.6) is 0 Å². The molecular weight excluding hydrogens is 295 g/mol. The molecule has 0 bridgehead atoms. The van der Waals surface area contributed by atoms with Crippen LogP contribution in [0, 0.1) is 5.92 Å². The smallest absolute Gasteiger partial charge is 0.324 e. The van der Waals surface area contributed by atoms with Gasteiger partial charge in [0.1, 0.15) is 0 Å². The Morgan fingerprint density at radius 3 is 2.41 bits per heavy atom. The Labute approximate surface area is 106 Å². The standard InChI is InChI=1S/C12H13BrF3N/c13-10-5-4-8(6-9(10)12(14,15)16)11(17)7-2-1-3-7/h4-7,11H,1-3,17H2. The van der Waals surface area contributed by atoms with Crippen LogP contribution in [0.3, 0.4) is 0 Å². The van der Waals surface area contributed by atoms with Crippen molar-refractivity contribution in [3.8, 4) is 0 Å². The molecule has 2 N–H and O–H groups in total. The van der Waals surface area contributed by atoms with E-state index in [9.17, 15) is 13.2 Å². The van der Waals surface area contributed by atoms with Crippen LogP contribution < -0.4 is 5.73 Å². The fraction of sp³-hybridized carbons (Fsp3) is 0.500. The molecule has 1 unspecified atom stereocenters. The van der Waals surface area contributed by atoms with Gasteiger partial charge in [0.2, 0.25) is 0 Å². The largest absolute Gasteiger partial charge is 0.417 e. The fourth-order valence-corrected chi connectivity index (χ4v) is 2.51. The van der Waals surface area contributed by atoms with E-state index in [1.165, 1.54) is 6.07 Å². The zero-order valence-corrected chi connectivity index (χ0v) is 10.7. The highest BCUT2D eigenvalue weighted by Gasteiger charge is 2.34. The lowest BCUT2D eigenvalue weighted by molar-refractivity contribution is -0.138. The molecule has 94 valence electrons. The van der Waals surface area contributed by atoms with Crippen molar-refractivity contribution < 1.29 is 13.2 Å². The van der Waals surface area contributed by atoms with Gasteiger partial charge in [-0.05, 0) is 36.5 Å². The van der Waals surface area contributed by atoms with Crippen LogP contribution in [0.25, 0.3) is 0 Å². The van der Waals surface area contributed by atoms with Gasteiger partial charge in [0, 0.05) is 10.5 Å². The summed E-state index contributed by atoms with van der Waals surface area (Å²) >= 11 is 2.92. The Morgan fingerprint density at radius 2 is 1.94 bits per heavy atom. The third-order valence-corrected chi connectivity index (χ3v) is 4.03. The highest BCUT2D eigenvalue weighted by Crippen LogP contribution is 2.40. The Kier molecular flexibility index (Phi) is 3.50. The van der Waals surface area contributed by atoms with Crippen molar-refractivity contribution >= 4 is 15.9 Å². The molecule has 1 aliphatic carbocycles. The molecule has 0 saturated heterocycles. The summed E-state index contributed by atoms with van der Waals surface area (Å²) in [5.74, 6) is 0.331. The van der Waals surface area contributed by atoms with Crippen molar-refractivity contribution in [2.24, 2.45) is 11.7 Å². The normalized spacial score (nSPS) is 18.9. The summed E-state index contributed by atoms with van der Waals surface area (Å²) in [6.45, 7) is 0. The van der Waals surface area contributed by atoms with Crippen molar-refractivity contribution in [1.82, 2.24) is 0 Å². The van der Waals surface area contributed by atoms with Gasteiger partial charge in [0.15, 0.2) is 0 Å². The number of halogens is 4. The summed E-state index contributed by atoms with van der Waals surface area (Å²) in [4.78, 5) is 0. The number of alkyl halides is 3. The molecule has 1 aromatic rings. The molecular formula is C12H13BrF3N. The molecule has 0 heterocycles. The number of hydrogen-bond acceptors (Lipinski definition) is 1. The Morgan fingerprint density at radius 1 is 1.29 bits per heavy atom. The first-order chi connectivity index (χ1) is 7.89. The molecule has 0 spiro atoms. The van der Waals surface area contributed by atoms with Crippen LogP contribution in [0.4, 0.5) is 13.2 Å². The van der Waals surface area contributed by atoms with E-state index in [-0.39, 0.29) is 10.5 Å². The van der Waals surface area contributed by atoms with Crippen LogP contribution in [-0.2, 0) is 6.18 Å². The highest BCUT2D eigenvalue weighted by atomic mass is 79.9. The van der Waals surface area contributed by atoms with Crippen LogP contribution >= 0.6 is 15.9 Å². The Hall–Kier alpha value is -0.550. The second-order valence-electron chi connectivity index (χ2n) is 4.45. The molecule has 1 saturated carbocycles. The highest BCUT2D eigenvalue weighted by molar-refractivity contribution is 9.10. The summed E-state index contributed by atoms with van der Waals surface area (Å²) in [6.07, 6.45) is -1.19. The number of hydrogen-bond donors (Lipinski definition) is 1. The van der Waals surface area contributed by atoms with Gasteiger partial charge in [0.05, 0.1) is 5.56 Å². The van der Waals surface area contributed by atoms with E-state index in [4.69, 9.17) is 5.73 Å². The van der Waals surface area contributed by atoms with Crippen molar-refractivity contribution in [1.29, 1.82) is 0 Å². The molecule has 5 heteroatoms. The molecule has 1 nitrogen and oxygen atoms in total. The summed E-state index contributed by atoms with van der Waals surface area (Å²) in [7, 11) is 0. The minimum Gasteiger partial charge on any atom is -0.324 e. The topological polar surface area (TPSA) is 26.0 Å². The second kappa shape index (κ2) is 4.61. The lowest BCUT2D eigenvalue weighted by atomic mass is 9.77. The van der Waals surface area contributed by atoms with E-state index in [1.807, 2.05) is 0 Å². The first kappa shape index (κ1) is 12.9. The van der Waals surface area contributed by atoms with Gasteiger partial charge in [0.25, 0.3) is 0 Å². The second-order valence-corrected chi connectivity index (χ2v) is 5.31. The first-order valence-electron chi connectivity index (χ1n) is 5.52. The molecule has 17 heavy (non-hydrogen) atoms. The summed E-state index contributed by atoms with van der Waals surface area (Å²) in [5.41, 5.74) is 5.91. The minimum atomic E-state index is -4.34. The first-order valence-corrected chi connectivity index (χ1v) is 6.31. The molecule has 0 aliphatic heterocycles. The van der Waals surface area contributed by atoms with Crippen molar-refractivity contribution in [2.45, 2.75) is 31.5 Å². The van der Waals surface area contributed by atoms with E-state index in [0.29, 0.717) is 11.5 Å². The van der Waals surface area contributed by atoms with Gasteiger partial charge < -0.3 is 5.73 Å². The lowest BCUT2D eigenvalue weighted by Gasteiger charge is -2.31. The van der Waals surface area contributed by atoms with Crippen LogP contribution in [0.15, 0.2) is 22.7 Å². The molecule has 1 aromatic carbocycles. The van der Waals surface area contributed by atoms with E-state index in [0.717, 1.165) is 25.3 Å². The van der Waals surface area contributed by atoms with Crippen LogP contribution in [0.1, 0.15) is 36.4 Å². The van der Waals surface area contributed by atoms with Gasteiger partial charge >= 0.3 is 6.18 Å². The number of benzene rings is 1. The third-order valence-electron chi connectivity index (χ3n) is 3.34. The summed E-state index contributed by atoms with van der Waals surface area (Å²) in [5, 5.41) is 0. The zero-order chi connectivity index (χ0) is 12.6. The average Bonchev–Trinajstić information content (AvgIpc) is 2.13. The molecule has 1 aliphatic rings. The van der Waals surface area contributed by atoms with E-state index < -0.39 is 11.7 Å². The molecule has 0 radical (unpaired) electrons. The predicted octanol–water partition coefficient (Wildman–Crippen LogP) is 4.27. The zero-order valence-electron chi connectivity index (χ0n) is 9.10. The summed E-state index contributed by atoms with van der Waals surface area (Å²) < 4.78 is 38.2. The molecule has 0 amide bonds. The van der Waals surface area contributed by atoms with Gasteiger partial charge in [-0.2, -0.15) is 13.2 Å². The van der Waals surface area contributed by atoms with Gasteiger partial charge in [-0.15, -0.1) is 0 Å². The van der Waals surface area contributed by atoms with Gasteiger partial charge in [-0.25, -0.2) is 0 Å². The molecule has 2 rings (SSSR count). The average molecular weight is 308 g/mol. The molecule has 1 atom stereocenters. The number of rotatable bonds is 2. The SMILES string of the molecule is NC(c1ccc(Br)c(C(F)(F)F)c1)C1CCC1. The van der Waals surface area contributed by atoms with E-state index in [1.54, 1.807) is 6.07 Å². The molecule has 1 fully saturated rings. The summed E-state index contributed by atoms with van der Waals surface area (Å²) in [6, 6.07) is 3.98. The Balaban J connectivity index is 2.30. The maximum absolute atomic E-state index is 12.7. The maximum Gasteiger partial charge on any atom is 0.417 e. The monoisotopic (exact) mass is 307 g/mol. The van der Waals surface area contributed by atoms with Crippen molar-refractivity contribution in [3.63, 3.8) is 0 Å². The van der Waals surface area contributed by atoms with Crippen molar-refractivity contribution in [3.05, 3.63) is 33.8 Å². The van der Waals surface area contributed by atoms with Crippen LogP contribution in [0.2, 0.25) is 0 Å². The van der Waals surface area contributed by atoms with Crippen LogP contribution in [-0.4, -0.2) is 0 Å². The lowest BCUT2D eigenvalue weighted by Crippen LogP contribution is -2.27. The minimum absolute atomic E-state index is 0.0644. The third kappa shape index (κ3) is 2.65. The van der Waals surface area contributed by atoms with E-state index in [2.05, 4.69) is 15.9 Å². The van der Waals surface area contributed by atoms with Gasteiger partial charge in [-0.1, -0.05) is 28.4 Å². The molecule has 0 aromatic heterocycles. The Bertz CT molecular complexity index is 413. The van der Waals surface area contributed by atoms with Gasteiger partial charge in [-0.3, -0.25) is 0 Å². The predicted molar refractivity (Wildman–Crippen MR) is 63.4 cm³/mol. The van der Waals surface area contributed by atoms with E-state index >= 15 is 0 Å². The number of nitrogens with two attached hydrogens (primary N) is 1. The quantitative estimate of drug-likeness (QED) is 0.867.